The molecule has 0 saturated heterocycles. The van der Waals surface area contributed by atoms with Crippen molar-refractivity contribution in [3.05, 3.63) is 65.2 Å². The fourth-order valence-electron chi connectivity index (χ4n) is 2.75. The molecule has 1 unspecified atom stereocenters. The number of carbonyl (C=O) groups excluding carboxylic acids is 1. The molecule has 6 nitrogen and oxygen atoms in total. The van der Waals surface area contributed by atoms with Crippen LogP contribution < -0.4 is 5.32 Å². The highest BCUT2D eigenvalue weighted by atomic mass is 35.5. The molecule has 2 heterocycles. The standard InChI is InChI=1S/C18H17ClF3N5O/c1-2-16(27-10-14(19)7-24-27)17(28)25-15-8-23-26(11-15)9-12-4-3-5-13(6-12)18(20,21)22/h3-8,10-11,16H,2,9H2,1H3,(H,25,28). The third-order valence-electron chi connectivity index (χ3n) is 4.08. The molecule has 0 saturated carbocycles. The van der Waals surface area contributed by atoms with Crippen molar-refractivity contribution in [3.63, 3.8) is 0 Å². The van der Waals surface area contributed by atoms with Gasteiger partial charge in [0.05, 0.1) is 35.2 Å². The van der Waals surface area contributed by atoms with Gasteiger partial charge in [-0.05, 0) is 24.1 Å². The summed E-state index contributed by atoms with van der Waals surface area (Å²) < 4.78 is 41.4. The minimum Gasteiger partial charge on any atom is -0.322 e. The van der Waals surface area contributed by atoms with Gasteiger partial charge in [-0.25, -0.2) is 0 Å². The lowest BCUT2D eigenvalue weighted by molar-refractivity contribution is -0.137. The second-order valence-electron chi connectivity index (χ2n) is 6.18. The number of nitrogens with zero attached hydrogens (tertiary/aromatic N) is 4. The van der Waals surface area contributed by atoms with Crippen molar-refractivity contribution in [2.75, 3.05) is 5.32 Å². The monoisotopic (exact) mass is 411 g/mol. The summed E-state index contributed by atoms with van der Waals surface area (Å²) in [5.74, 6) is -0.291. The van der Waals surface area contributed by atoms with Crippen LogP contribution in [0.4, 0.5) is 18.9 Å². The molecule has 0 aliphatic rings. The number of hydrogen-bond donors (Lipinski definition) is 1. The zero-order chi connectivity index (χ0) is 20.3. The Morgan fingerprint density at radius 1 is 1.25 bits per heavy atom. The SMILES string of the molecule is CCC(C(=O)Nc1cnn(Cc2cccc(C(F)(F)F)c2)c1)n1cc(Cl)cn1. The summed E-state index contributed by atoms with van der Waals surface area (Å²) >= 11 is 5.85. The molecular weight excluding hydrogens is 395 g/mol. The number of rotatable bonds is 6. The van der Waals surface area contributed by atoms with Gasteiger partial charge in [-0.3, -0.25) is 14.2 Å². The van der Waals surface area contributed by atoms with E-state index in [0.717, 1.165) is 12.1 Å². The third-order valence-corrected chi connectivity index (χ3v) is 4.27. The quantitative estimate of drug-likeness (QED) is 0.654. The van der Waals surface area contributed by atoms with Crippen LogP contribution in [0.15, 0.2) is 49.1 Å². The molecule has 1 N–H and O–H groups in total. The van der Waals surface area contributed by atoms with Crippen molar-refractivity contribution in [2.24, 2.45) is 0 Å². The number of hydrogen-bond acceptors (Lipinski definition) is 3. The largest absolute Gasteiger partial charge is 0.416 e. The Balaban J connectivity index is 1.68. The maximum atomic E-state index is 12.8. The molecule has 1 atom stereocenters. The Bertz CT molecular complexity index is 966. The smallest absolute Gasteiger partial charge is 0.322 e. The van der Waals surface area contributed by atoms with Gasteiger partial charge < -0.3 is 5.32 Å². The molecule has 3 rings (SSSR count). The van der Waals surface area contributed by atoms with Crippen LogP contribution in [0.25, 0.3) is 0 Å². The summed E-state index contributed by atoms with van der Waals surface area (Å²) in [6.45, 7) is 1.99. The predicted molar refractivity (Wildman–Crippen MR) is 98.0 cm³/mol. The van der Waals surface area contributed by atoms with Crippen molar-refractivity contribution in [1.29, 1.82) is 0 Å². The fraction of sp³-hybridized carbons (Fsp3) is 0.278. The average Bonchev–Trinajstić information content (AvgIpc) is 3.24. The maximum absolute atomic E-state index is 12.8. The molecule has 0 aliphatic heterocycles. The van der Waals surface area contributed by atoms with Crippen LogP contribution in [0.1, 0.15) is 30.5 Å². The van der Waals surface area contributed by atoms with Gasteiger partial charge in [-0.1, -0.05) is 30.7 Å². The summed E-state index contributed by atoms with van der Waals surface area (Å²) in [6, 6.07) is 4.49. The molecule has 0 fully saturated rings. The Hall–Kier alpha value is -2.81. The van der Waals surface area contributed by atoms with E-state index < -0.39 is 17.8 Å². The third kappa shape index (κ3) is 4.72. The Morgan fingerprint density at radius 3 is 2.68 bits per heavy atom. The predicted octanol–water partition coefficient (Wildman–Crippen LogP) is 4.39. The minimum atomic E-state index is -4.40. The molecule has 0 spiro atoms. The zero-order valence-electron chi connectivity index (χ0n) is 14.8. The highest BCUT2D eigenvalue weighted by molar-refractivity contribution is 6.30. The summed E-state index contributed by atoms with van der Waals surface area (Å²) in [7, 11) is 0. The van der Waals surface area contributed by atoms with Crippen molar-refractivity contribution >= 4 is 23.2 Å². The van der Waals surface area contributed by atoms with Crippen molar-refractivity contribution in [1.82, 2.24) is 19.6 Å². The van der Waals surface area contributed by atoms with Crippen molar-refractivity contribution in [2.45, 2.75) is 32.1 Å². The first-order chi connectivity index (χ1) is 13.3. The molecule has 1 aromatic carbocycles. The van der Waals surface area contributed by atoms with Crippen LogP contribution in [0.3, 0.4) is 0 Å². The average molecular weight is 412 g/mol. The van der Waals surface area contributed by atoms with E-state index in [-0.39, 0.29) is 12.5 Å². The van der Waals surface area contributed by atoms with E-state index in [0.29, 0.717) is 22.7 Å². The lowest BCUT2D eigenvalue weighted by atomic mass is 10.1. The number of anilines is 1. The number of aromatic nitrogens is 4. The maximum Gasteiger partial charge on any atom is 0.416 e. The van der Waals surface area contributed by atoms with E-state index in [1.54, 1.807) is 18.5 Å². The van der Waals surface area contributed by atoms with E-state index in [9.17, 15) is 18.0 Å². The van der Waals surface area contributed by atoms with Gasteiger partial charge in [0, 0.05) is 12.4 Å². The highest BCUT2D eigenvalue weighted by Crippen LogP contribution is 2.29. The van der Waals surface area contributed by atoms with Crippen LogP contribution in [-0.4, -0.2) is 25.5 Å². The van der Waals surface area contributed by atoms with Crippen LogP contribution in [0.2, 0.25) is 5.02 Å². The second-order valence-corrected chi connectivity index (χ2v) is 6.61. The molecule has 2 aromatic heterocycles. The Morgan fingerprint density at radius 2 is 2.04 bits per heavy atom. The Labute approximate surface area is 163 Å². The number of carbonyl (C=O) groups is 1. The summed E-state index contributed by atoms with van der Waals surface area (Å²) in [6.07, 6.45) is 2.11. The molecule has 0 radical (unpaired) electrons. The van der Waals surface area contributed by atoms with E-state index in [2.05, 4.69) is 15.5 Å². The number of nitrogens with one attached hydrogen (secondary N) is 1. The van der Waals surface area contributed by atoms with E-state index in [1.165, 1.54) is 27.8 Å². The molecule has 3 aromatic rings. The lowest BCUT2D eigenvalue weighted by Crippen LogP contribution is -2.25. The van der Waals surface area contributed by atoms with Crippen LogP contribution in [-0.2, 0) is 17.5 Å². The lowest BCUT2D eigenvalue weighted by Gasteiger charge is -2.14. The van der Waals surface area contributed by atoms with E-state index in [4.69, 9.17) is 11.6 Å². The van der Waals surface area contributed by atoms with Crippen LogP contribution >= 0.6 is 11.6 Å². The molecule has 28 heavy (non-hydrogen) atoms. The molecular formula is C18H17ClF3N5O. The Kier molecular flexibility index (Phi) is 5.73. The van der Waals surface area contributed by atoms with Crippen LogP contribution in [0.5, 0.6) is 0 Å². The number of halogens is 4. The molecule has 0 bridgehead atoms. The highest BCUT2D eigenvalue weighted by Gasteiger charge is 2.30. The summed E-state index contributed by atoms with van der Waals surface area (Å²) in [5, 5.41) is 11.3. The van der Waals surface area contributed by atoms with Crippen LogP contribution in [0, 0.1) is 0 Å². The van der Waals surface area contributed by atoms with Gasteiger partial charge >= 0.3 is 6.18 Å². The van der Waals surface area contributed by atoms with Crippen molar-refractivity contribution in [3.8, 4) is 0 Å². The number of amides is 1. The summed E-state index contributed by atoms with van der Waals surface area (Å²) in [4.78, 5) is 12.5. The van der Waals surface area contributed by atoms with Gasteiger partial charge in [-0.2, -0.15) is 23.4 Å². The minimum absolute atomic E-state index is 0.145. The number of benzene rings is 1. The zero-order valence-corrected chi connectivity index (χ0v) is 15.6. The normalized spacial score (nSPS) is 12.8. The van der Waals surface area contributed by atoms with Gasteiger partial charge in [-0.15, -0.1) is 0 Å². The van der Waals surface area contributed by atoms with Gasteiger partial charge in [0.25, 0.3) is 0 Å². The number of alkyl halides is 3. The molecule has 10 heteroatoms. The summed E-state index contributed by atoms with van der Waals surface area (Å²) in [5.41, 5.74) is 0.177. The van der Waals surface area contributed by atoms with Gasteiger partial charge in [0.1, 0.15) is 6.04 Å². The first-order valence-corrected chi connectivity index (χ1v) is 8.83. The molecule has 0 aliphatic carbocycles. The first-order valence-electron chi connectivity index (χ1n) is 8.45. The molecule has 1 amide bonds. The van der Waals surface area contributed by atoms with Gasteiger partial charge in [0.2, 0.25) is 5.91 Å². The fourth-order valence-corrected chi connectivity index (χ4v) is 2.89. The van der Waals surface area contributed by atoms with E-state index in [1.807, 2.05) is 6.92 Å². The van der Waals surface area contributed by atoms with E-state index >= 15 is 0 Å². The topological polar surface area (TPSA) is 64.7 Å². The van der Waals surface area contributed by atoms with Gasteiger partial charge in [0.15, 0.2) is 0 Å². The molecule has 148 valence electrons. The first kappa shape index (κ1) is 19.9. The second kappa shape index (κ2) is 8.05. The van der Waals surface area contributed by atoms with Crippen molar-refractivity contribution < 1.29 is 18.0 Å².